The van der Waals surface area contributed by atoms with Crippen LogP contribution in [0.2, 0.25) is 0 Å². The van der Waals surface area contributed by atoms with E-state index < -0.39 is 5.79 Å². The normalized spacial score (nSPS) is 27.8. The Morgan fingerprint density at radius 3 is 2.29 bits per heavy atom. The van der Waals surface area contributed by atoms with E-state index in [1.165, 1.54) is 0 Å². The molecule has 28 heavy (non-hydrogen) atoms. The van der Waals surface area contributed by atoms with Crippen LogP contribution in [0.25, 0.3) is 0 Å². The van der Waals surface area contributed by atoms with Crippen molar-refractivity contribution in [2.75, 3.05) is 13.7 Å². The highest BCUT2D eigenvalue weighted by molar-refractivity contribution is 5.26. The predicted molar refractivity (Wildman–Crippen MR) is 110 cm³/mol. The number of hydrogen-bond acceptors (Lipinski definition) is 5. The van der Waals surface area contributed by atoms with Gasteiger partial charge in [-0.15, -0.1) is 0 Å². The van der Waals surface area contributed by atoms with Crippen molar-refractivity contribution in [2.24, 2.45) is 17.8 Å². The average molecular weight is 395 g/mol. The van der Waals surface area contributed by atoms with Crippen LogP contribution in [-0.2, 0) is 20.8 Å². The molecule has 0 spiro atoms. The Kier molecular flexibility index (Phi) is 8.31. The molecule has 1 aromatic carbocycles. The van der Waals surface area contributed by atoms with Gasteiger partial charge < -0.3 is 24.1 Å². The molecule has 1 fully saturated rings. The molecule has 1 aromatic rings. The first-order valence-electron chi connectivity index (χ1n) is 10.4. The molecule has 5 nitrogen and oxygen atoms in total. The number of methoxy groups -OCH3 is 1. The summed E-state index contributed by atoms with van der Waals surface area (Å²) in [4.78, 5) is 0. The summed E-state index contributed by atoms with van der Waals surface area (Å²) in [5.74, 6) is 0.610. The van der Waals surface area contributed by atoms with Gasteiger partial charge in [0, 0.05) is 17.8 Å². The van der Waals surface area contributed by atoms with Crippen LogP contribution in [0.3, 0.4) is 0 Å². The van der Waals surface area contributed by atoms with E-state index in [-0.39, 0.29) is 36.1 Å². The zero-order valence-electron chi connectivity index (χ0n) is 18.5. The number of aliphatic hydroxyl groups excluding tert-OH is 1. The Bertz CT molecular complexity index is 585. The summed E-state index contributed by atoms with van der Waals surface area (Å²) < 4.78 is 23.7. The van der Waals surface area contributed by atoms with Gasteiger partial charge in [-0.25, -0.2) is 0 Å². The maximum atomic E-state index is 10.3. The van der Waals surface area contributed by atoms with Crippen LogP contribution in [0, 0.1) is 17.8 Å². The van der Waals surface area contributed by atoms with Crippen molar-refractivity contribution in [3.8, 4) is 5.75 Å². The van der Waals surface area contributed by atoms with Gasteiger partial charge in [0.05, 0.1) is 38.6 Å². The van der Waals surface area contributed by atoms with E-state index in [0.29, 0.717) is 13.2 Å². The Morgan fingerprint density at radius 1 is 1.11 bits per heavy atom. The fraction of sp³-hybridized carbons (Fsp3) is 0.739. The van der Waals surface area contributed by atoms with Gasteiger partial charge in [0.2, 0.25) is 0 Å². The lowest BCUT2D eigenvalue weighted by molar-refractivity contribution is -0.339. The van der Waals surface area contributed by atoms with Gasteiger partial charge in [-0.05, 0) is 38.0 Å². The van der Waals surface area contributed by atoms with Crippen LogP contribution < -0.4 is 4.74 Å². The van der Waals surface area contributed by atoms with E-state index in [9.17, 15) is 5.11 Å². The van der Waals surface area contributed by atoms with E-state index in [0.717, 1.165) is 17.7 Å². The van der Waals surface area contributed by atoms with Crippen molar-refractivity contribution in [3.63, 3.8) is 0 Å². The Morgan fingerprint density at radius 2 is 1.71 bits per heavy atom. The first-order valence-corrected chi connectivity index (χ1v) is 10.4. The highest BCUT2D eigenvalue weighted by Crippen LogP contribution is 2.38. The van der Waals surface area contributed by atoms with Crippen molar-refractivity contribution in [1.82, 2.24) is 0 Å². The van der Waals surface area contributed by atoms with Gasteiger partial charge >= 0.3 is 0 Å². The van der Waals surface area contributed by atoms with Crippen LogP contribution in [0.1, 0.15) is 53.5 Å². The van der Waals surface area contributed by atoms with Gasteiger partial charge in [-0.3, -0.25) is 0 Å². The third-order valence-corrected chi connectivity index (χ3v) is 5.79. The molecule has 1 unspecified atom stereocenters. The maximum Gasteiger partial charge on any atom is 0.163 e. The van der Waals surface area contributed by atoms with Crippen molar-refractivity contribution >= 4 is 0 Å². The molecular weight excluding hydrogens is 356 g/mol. The van der Waals surface area contributed by atoms with Crippen molar-refractivity contribution in [1.29, 1.82) is 0 Å². The average Bonchev–Trinajstić information content (AvgIpc) is 2.68. The monoisotopic (exact) mass is 394 g/mol. The fourth-order valence-electron chi connectivity index (χ4n) is 4.08. The molecule has 0 aliphatic carbocycles. The third-order valence-electron chi connectivity index (χ3n) is 5.79. The van der Waals surface area contributed by atoms with Crippen LogP contribution >= 0.6 is 0 Å². The molecule has 1 heterocycles. The lowest BCUT2D eigenvalue weighted by atomic mass is 9.80. The second-order valence-electron chi connectivity index (χ2n) is 8.60. The van der Waals surface area contributed by atoms with Gasteiger partial charge in [0.25, 0.3) is 0 Å². The van der Waals surface area contributed by atoms with Gasteiger partial charge in [-0.2, -0.15) is 0 Å². The van der Waals surface area contributed by atoms with Gasteiger partial charge in [0.1, 0.15) is 5.75 Å². The zero-order valence-corrected chi connectivity index (χ0v) is 18.5. The van der Waals surface area contributed by atoms with Crippen LogP contribution in [0.5, 0.6) is 5.75 Å². The molecule has 6 atom stereocenters. The minimum atomic E-state index is -0.673. The summed E-state index contributed by atoms with van der Waals surface area (Å²) in [7, 11) is 1.66. The Hall–Kier alpha value is -1.14. The smallest absolute Gasteiger partial charge is 0.163 e. The molecular formula is C23H38O5. The first-order chi connectivity index (χ1) is 13.2. The summed E-state index contributed by atoms with van der Waals surface area (Å²) in [6, 6.07) is 7.92. The molecule has 160 valence electrons. The number of benzene rings is 1. The Balaban J connectivity index is 1.96. The molecule has 0 radical (unpaired) electrons. The number of ether oxygens (including phenoxy) is 4. The summed E-state index contributed by atoms with van der Waals surface area (Å²) >= 11 is 0. The molecule has 1 N–H and O–H groups in total. The molecule has 0 saturated carbocycles. The van der Waals surface area contributed by atoms with Crippen molar-refractivity contribution < 1.29 is 24.1 Å². The predicted octanol–water partition coefficient (Wildman–Crippen LogP) is 4.41. The van der Waals surface area contributed by atoms with E-state index in [1.54, 1.807) is 7.11 Å². The topological polar surface area (TPSA) is 57.2 Å². The zero-order chi connectivity index (χ0) is 20.9. The van der Waals surface area contributed by atoms with Crippen LogP contribution in [0.4, 0.5) is 0 Å². The lowest BCUT2D eigenvalue weighted by Crippen LogP contribution is -2.56. The standard InChI is InChI=1S/C23H38O5/c1-8-20(24)16(3)22-17(4)21(27-23(5,6)28-22)15(2)13-26-14-18-9-11-19(25-7)12-10-18/h9-12,15-17,20-22,24H,8,13-14H2,1-7H3/t15-,16-,17-,20?,21+,22-/m0/s1. The van der Waals surface area contributed by atoms with E-state index >= 15 is 0 Å². The number of hydrogen-bond donors (Lipinski definition) is 1. The van der Waals surface area contributed by atoms with Crippen molar-refractivity contribution in [2.45, 2.75) is 78.7 Å². The SMILES string of the molecule is CCC(O)[C@H](C)[C@@H]1OC(C)(C)O[C@H]([C@@H](C)COCc2ccc(OC)cc2)[C@@H]1C. The molecule has 0 bridgehead atoms. The summed E-state index contributed by atoms with van der Waals surface area (Å²) in [5.41, 5.74) is 1.12. The largest absolute Gasteiger partial charge is 0.497 e. The van der Waals surface area contributed by atoms with Crippen LogP contribution in [0.15, 0.2) is 24.3 Å². The van der Waals surface area contributed by atoms with E-state index in [1.807, 2.05) is 45.0 Å². The third kappa shape index (κ3) is 5.93. The first kappa shape index (κ1) is 23.1. The highest BCUT2D eigenvalue weighted by Gasteiger charge is 2.46. The highest BCUT2D eigenvalue weighted by atomic mass is 16.7. The van der Waals surface area contributed by atoms with Crippen LogP contribution in [-0.4, -0.2) is 42.9 Å². The number of rotatable bonds is 9. The summed E-state index contributed by atoms with van der Waals surface area (Å²) in [6.45, 7) is 13.5. The van der Waals surface area contributed by atoms with Gasteiger partial charge in [0.15, 0.2) is 5.79 Å². The molecule has 0 aromatic heterocycles. The van der Waals surface area contributed by atoms with Gasteiger partial charge in [-0.1, -0.05) is 39.8 Å². The quantitative estimate of drug-likeness (QED) is 0.672. The summed E-state index contributed by atoms with van der Waals surface area (Å²) in [5, 5.41) is 10.3. The Labute approximate surface area is 170 Å². The molecule has 5 heteroatoms. The molecule has 1 aliphatic heterocycles. The van der Waals surface area contributed by atoms with E-state index in [4.69, 9.17) is 18.9 Å². The molecule has 1 saturated heterocycles. The fourth-order valence-corrected chi connectivity index (χ4v) is 4.08. The maximum absolute atomic E-state index is 10.3. The number of aliphatic hydroxyl groups is 1. The lowest BCUT2D eigenvalue weighted by Gasteiger charge is -2.49. The summed E-state index contributed by atoms with van der Waals surface area (Å²) in [6.07, 6.45) is 0.313. The second kappa shape index (κ2) is 10.1. The van der Waals surface area contributed by atoms with Crippen molar-refractivity contribution in [3.05, 3.63) is 29.8 Å². The molecule has 1 aliphatic rings. The second-order valence-corrected chi connectivity index (χ2v) is 8.60. The minimum Gasteiger partial charge on any atom is -0.497 e. The van der Waals surface area contributed by atoms with E-state index in [2.05, 4.69) is 20.8 Å². The minimum absolute atomic E-state index is 0.0103. The molecule has 2 rings (SSSR count). The molecule has 0 amide bonds.